The average Bonchev–Trinajstić information content (AvgIpc) is 2.64. The van der Waals surface area contributed by atoms with Crippen LogP contribution in [-0.2, 0) is 9.53 Å². The Morgan fingerprint density at radius 1 is 1.50 bits per heavy atom. The fourth-order valence-electron chi connectivity index (χ4n) is 1.90. The number of carboxylic acids is 1. The van der Waals surface area contributed by atoms with Crippen LogP contribution in [0.5, 0.6) is 0 Å². The van der Waals surface area contributed by atoms with E-state index in [9.17, 15) is 4.79 Å². The third-order valence-electron chi connectivity index (χ3n) is 2.75. The number of carbonyl (C=O) groups is 1. The van der Waals surface area contributed by atoms with Gasteiger partial charge in [-0.2, -0.15) is 0 Å². The summed E-state index contributed by atoms with van der Waals surface area (Å²) in [5.41, 5.74) is 0. The lowest BCUT2D eigenvalue weighted by atomic mass is 10.1. The molecule has 1 aliphatic rings. The summed E-state index contributed by atoms with van der Waals surface area (Å²) in [6.45, 7) is 2.06. The summed E-state index contributed by atoms with van der Waals surface area (Å²) in [6, 6.07) is 0. The van der Waals surface area contributed by atoms with Gasteiger partial charge in [-0.1, -0.05) is 32.6 Å². The Morgan fingerprint density at radius 2 is 2.14 bits per heavy atom. The molecular weight excluding hydrogens is 180 g/mol. The molecule has 0 amide bonds. The maximum atomic E-state index is 10.9. The van der Waals surface area contributed by atoms with Crippen molar-refractivity contribution < 1.29 is 14.6 Å². The molecule has 0 spiro atoms. The second-order valence-corrected chi connectivity index (χ2v) is 4.01. The Kier molecular flexibility index (Phi) is 4.94. The van der Waals surface area contributed by atoms with E-state index in [1.165, 1.54) is 12.8 Å². The Balaban J connectivity index is 2.30. The van der Waals surface area contributed by atoms with Gasteiger partial charge >= 0.3 is 5.97 Å². The summed E-state index contributed by atoms with van der Waals surface area (Å²) in [7, 11) is 0. The van der Waals surface area contributed by atoms with Gasteiger partial charge in [0.05, 0.1) is 6.10 Å². The number of carboxylic acid groups (broad SMARTS) is 1. The van der Waals surface area contributed by atoms with E-state index < -0.39 is 12.1 Å². The second kappa shape index (κ2) is 6.02. The SMILES string of the molecule is CCCCC(OC1CCCC1)C(=O)O. The van der Waals surface area contributed by atoms with Crippen LogP contribution in [0.4, 0.5) is 0 Å². The Labute approximate surface area is 85.5 Å². The van der Waals surface area contributed by atoms with Gasteiger partial charge in [0.2, 0.25) is 0 Å². The third-order valence-corrected chi connectivity index (χ3v) is 2.75. The van der Waals surface area contributed by atoms with Gasteiger partial charge in [0, 0.05) is 0 Å². The fraction of sp³-hybridized carbons (Fsp3) is 0.909. The van der Waals surface area contributed by atoms with E-state index in [2.05, 4.69) is 6.92 Å². The number of ether oxygens (including phenoxy) is 1. The van der Waals surface area contributed by atoms with Gasteiger partial charge in [0.25, 0.3) is 0 Å². The lowest BCUT2D eigenvalue weighted by Gasteiger charge is -2.18. The average molecular weight is 200 g/mol. The molecule has 3 nitrogen and oxygen atoms in total. The zero-order chi connectivity index (χ0) is 10.4. The van der Waals surface area contributed by atoms with E-state index >= 15 is 0 Å². The maximum absolute atomic E-state index is 10.9. The van der Waals surface area contributed by atoms with Crippen LogP contribution < -0.4 is 0 Å². The van der Waals surface area contributed by atoms with Crippen LogP contribution in [0.2, 0.25) is 0 Å². The van der Waals surface area contributed by atoms with Crippen molar-refractivity contribution in [2.75, 3.05) is 0 Å². The first kappa shape index (κ1) is 11.5. The smallest absolute Gasteiger partial charge is 0.332 e. The van der Waals surface area contributed by atoms with E-state index in [1.807, 2.05) is 0 Å². The van der Waals surface area contributed by atoms with Crippen LogP contribution in [0, 0.1) is 0 Å². The fourth-order valence-corrected chi connectivity index (χ4v) is 1.90. The molecule has 0 radical (unpaired) electrons. The largest absolute Gasteiger partial charge is 0.479 e. The van der Waals surface area contributed by atoms with Crippen LogP contribution in [-0.4, -0.2) is 23.3 Å². The van der Waals surface area contributed by atoms with Crippen molar-refractivity contribution in [3.8, 4) is 0 Å². The monoisotopic (exact) mass is 200 g/mol. The Hall–Kier alpha value is -0.570. The van der Waals surface area contributed by atoms with E-state index in [0.29, 0.717) is 6.42 Å². The van der Waals surface area contributed by atoms with Crippen molar-refractivity contribution in [3.05, 3.63) is 0 Å². The van der Waals surface area contributed by atoms with Crippen molar-refractivity contribution in [1.82, 2.24) is 0 Å². The molecule has 0 aromatic rings. The standard InChI is InChI=1S/C11H20O3/c1-2-3-8-10(11(12)13)14-9-6-4-5-7-9/h9-10H,2-8H2,1H3,(H,12,13). The first-order chi connectivity index (χ1) is 6.74. The van der Waals surface area contributed by atoms with Crippen LogP contribution in [0.3, 0.4) is 0 Å². The summed E-state index contributed by atoms with van der Waals surface area (Å²) < 4.78 is 5.58. The molecule has 0 aromatic carbocycles. The van der Waals surface area contributed by atoms with Gasteiger partial charge in [-0.25, -0.2) is 4.79 Å². The predicted molar refractivity (Wildman–Crippen MR) is 54.3 cm³/mol. The summed E-state index contributed by atoms with van der Waals surface area (Å²) in [5.74, 6) is -0.801. The molecule has 82 valence electrons. The van der Waals surface area contributed by atoms with Gasteiger partial charge in [-0.15, -0.1) is 0 Å². The highest BCUT2D eigenvalue weighted by Crippen LogP contribution is 2.23. The van der Waals surface area contributed by atoms with E-state index in [-0.39, 0.29) is 6.10 Å². The molecule has 1 aliphatic carbocycles. The summed E-state index contributed by atoms with van der Waals surface area (Å²) in [6.07, 6.45) is 6.69. The number of rotatable bonds is 6. The molecule has 0 aliphatic heterocycles. The summed E-state index contributed by atoms with van der Waals surface area (Å²) in [4.78, 5) is 10.9. The minimum Gasteiger partial charge on any atom is -0.479 e. The van der Waals surface area contributed by atoms with Crippen molar-refractivity contribution in [2.45, 2.75) is 64.1 Å². The molecule has 0 saturated heterocycles. The lowest BCUT2D eigenvalue weighted by molar-refractivity contribution is -0.154. The highest BCUT2D eigenvalue weighted by Gasteiger charge is 2.24. The number of unbranched alkanes of at least 4 members (excludes halogenated alkanes) is 1. The van der Waals surface area contributed by atoms with E-state index in [0.717, 1.165) is 25.7 Å². The first-order valence-corrected chi connectivity index (χ1v) is 5.62. The molecule has 1 rings (SSSR count). The maximum Gasteiger partial charge on any atom is 0.332 e. The number of aliphatic carboxylic acids is 1. The topological polar surface area (TPSA) is 46.5 Å². The molecule has 1 saturated carbocycles. The number of hydrogen-bond donors (Lipinski definition) is 1. The minimum absolute atomic E-state index is 0.202. The molecule has 1 atom stereocenters. The van der Waals surface area contributed by atoms with Gasteiger partial charge in [0.15, 0.2) is 6.10 Å². The van der Waals surface area contributed by atoms with Crippen LogP contribution >= 0.6 is 0 Å². The van der Waals surface area contributed by atoms with Crippen LogP contribution in [0.15, 0.2) is 0 Å². The molecule has 3 heteroatoms. The Morgan fingerprint density at radius 3 is 2.64 bits per heavy atom. The van der Waals surface area contributed by atoms with Crippen molar-refractivity contribution in [2.24, 2.45) is 0 Å². The zero-order valence-corrected chi connectivity index (χ0v) is 8.87. The first-order valence-electron chi connectivity index (χ1n) is 5.62. The summed E-state index contributed by atoms with van der Waals surface area (Å²) >= 11 is 0. The van der Waals surface area contributed by atoms with Crippen LogP contribution in [0.1, 0.15) is 51.9 Å². The van der Waals surface area contributed by atoms with Gasteiger partial charge in [-0.05, 0) is 19.3 Å². The molecular formula is C11H20O3. The highest BCUT2D eigenvalue weighted by molar-refractivity contribution is 5.72. The normalized spacial score (nSPS) is 19.8. The molecule has 14 heavy (non-hydrogen) atoms. The van der Waals surface area contributed by atoms with Crippen molar-refractivity contribution in [1.29, 1.82) is 0 Å². The number of hydrogen-bond acceptors (Lipinski definition) is 2. The van der Waals surface area contributed by atoms with Gasteiger partial charge < -0.3 is 9.84 Å². The molecule has 0 bridgehead atoms. The molecule has 1 fully saturated rings. The van der Waals surface area contributed by atoms with Gasteiger partial charge in [0.1, 0.15) is 0 Å². The second-order valence-electron chi connectivity index (χ2n) is 4.01. The minimum atomic E-state index is -0.801. The van der Waals surface area contributed by atoms with Crippen molar-refractivity contribution in [3.63, 3.8) is 0 Å². The van der Waals surface area contributed by atoms with E-state index in [4.69, 9.17) is 9.84 Å². The Bertz CT molecular complexity index is 173. The molecule has 1 N–H and O–H groups in total. The highest BCUT2D eigenvalue weighted by atomic mass is 16.5. The van der Waals surface area contributed by atoms with Crippen LogP contribution in [0.25, 0.3) is 0 Å². The quantitative estimate of drug-likeness (QED) is 0.716. The van der Waals surface area contributed by atoms with E-state index in [1.54, 1.807) is 0 Å². The predicted octanol–water partition coefficient (Wildman–Crippen LogP) is 2.59. The molecule has 1 unspecified atom stereocenters. The lowest BCUT2D eigenvalue weighted by Crippen LogP contribution is -2.28. The van der Waals surface area contributed by atoms with Crippen molar-refractivity contribution >= 4 is 5.97 Å². The molecule has 0 heterocycles. The van der Waals surface area contributed by atoms with Gasteiger partial charge in [-0.3, -0.25) is 0 Å². The third kappa shape index (κ3) is 3.66. The summed E-state index contributed by atoms with van der Waals surface area (Å²) in [5, 5.41) is 8.94. The zero-order valence-electron chi connectivity index (χ0n) is 8.87. The molecule has 0 aromatic heterocycles.